The number of nitrogens with zero attached hydrogens (tertiary/aromatic N) is 1. The number of rotatable bonds is 8. The quantitative estimate of drug-likeness (QED) is 0.659. The number of carbonyl (C=O) groups is 1. The first-order valence-corrected chi connectivity index (χ1v) is 11.4. The number of benzene rings is 2. The molecule has 9 heteroatoms. The number of nitrogens with one attached hydrogen (secondary N) is 1. The Balaban J connectivity index is 1.77. The van der Waals surface area contributed by atoms with Crippen LogP contribution in [-0.4, -0.2) is 44.4 Å². The van der Waals surface area contributed by atoms with E-state index < -0.39 is 10.0 Å². The second-order valence-corrected chi connectivity index (χ2v) is 9.60. The smallest absolute Gasteiger partial charge is 0.243 e. The van der Waals surface area contributed by atoms with Crippen LogP contribution in [0.3, 0.4) is 0 Å². The summed E-state index contributed by atoms with van der Waals surface area (Å²) in [7, 11) is -3.91. The summed E-state index contributed by atoms with van der Waals surface area (Å²) in [5.74, 6) is -0.382. The van der Waals surface area contributed by atoms with Gasteiger partial charge in [-0.05, 0) is 54.8 Å². The maximum Gasteiger partial charge on any atom is 0.243 e. The Hall–Kier alpha value is -1.64. The van der Waals surface area contributed by atoms with Crippen molar-refractivity contribution >= 4 is 39.1 Å². The summed E-state index contributed by atoms with van der Waals surface area (Å²) in [6.45, 7) is 0.790. The number of amides is 1. The van der Waals surface area contributed by atoms with Crippen LogP contribution in [0.4, 0.5) is 0 Å². The predicted molar refractivity (Wildman–Crippen MR) is 112 cm³/mol. The number of ether oxygens (including phenoxy) is 1. The molecule has 0 bridgehead atoms. The molecule has 1 unspecified atom stereocenters. The van der Waals surface area contributed by atoms with Gasteiger partial charge in [0.05, 0.1) is 17.5 Å². The van der Waals surface area contributed by atoms with E-state index in [1.807, 2.05) is 0 Å². The van der Waals surface area contributed by atoms with Crippen LogP contribution in [0.25, 0.3) is 0 Å². The Kier molecular flexibility index (Phi) is 7.54. The first-order valence-electron chi connectivity index (χ1n) is 9.23. The van der Waals surface area contributed by atoms with Gasteiger partial charge in [0.25, 0.3) is 0 Å². The molecule has 1 atom stereocenters. The molecular weight excluding hydrogens is 435 g/mol. The standard InChI is InChI=1S/C20H22Cl2N2O4S/c21-16-5-3-15(4-6-16)13-24(14-20(25)23-12-18-2-1-11-28-18)29(26,27)19-9-7-17(22)8-10-19/h3-10,18H,1-2,11-14H2,(H,23,25). The molecule has 0 aromatic heterocycles. The zero-order valence-corrected chi connectivity index (χ0v) is 18.0. The SMILES string of the molecule is O=C(CN(Cc1ccc(Cl)cc1)S(=O)(=O)c1ccc(Cl)cc1)NCC1CCCO1. The lowest BCUT2D eigenvalue weighted by molar-refractivity contribution is -0.121. The molecule has 156 valence electrons. The Morgan fingerprint density at radius 3 is 2.28 bits per heavy atom. The monoisotopic (exact) mass is 456 g/mol. The van der Waals surface area contributed by atoms with Crippen LogP contribution in [0.5, 0.6) is 0 Å². The Morgan fingerprint density at radius 2 is 1.69 bits per heavy atom. The molecule has 0 aliphatic carbocycles. The van der Waals surface area contributed by atoms with Crippen LogP contribution in [0, 0.1) is 0 Å². The molecule has 1 fully saturated rings. The van der Waals surface area contributed by atoms with E-state index in [1.54, 1.807) is 24.3 Å². The van der Waals surface area contributed by atoms with Gasteiger partial charge >= 0.3 is 0 Å². The van der Waals surface area contributed by atoms with Gasteiger partial charge in [-0.1, -0.05) is 35.3 Å². The van der Waals surface area contributed by atoms with E-state index in [-0.39, 0.29) is 30.0 Å². The highest BCUT2D eigenvalue weighted by Gasteiger charge is 2.27. The highest BCUT2D eigenvalue weighted by molar-refractivity contribution is 7.89. The maximum atomic E-state index is 13.2. The minimum absolute atomic E-state index is 0.0171. The number of sulfonamides is 1. The highest BCUT2D eigenvalue weighted by atomic mass is 35.5. The Morgan fingerprint density at radius 1 is 1.07 bits per heavy atom. The van der Waals surface area contributed by atoms with Crippen molar-refractivity contribution in [2.45, 2.75) is 30.4 Å². The van der Waals surface area contributed by atoms with Gasteiger partial charge in [0.1, 0.15) is 0 Å². The average Bonchev–Trinajstić information content (AvgIpc) is 3.21. The molecule has 0 spiro atoms. The third-order valence-corrected chi connectivity index (χ3v) is 6.90. The van der Waals surface area contributed by atoms with E-state index >= 15 is 0 Å². The second kappa shape index (κ2) is 9.91. The largest absolute Gasteiger partial charge is 0.376 e. The molecule has 6 nitrogen and oxygen atoms in total. The van der Waals surface area contributed by atoms with Gasteiger partial charge in [-0.15, -0.1) is 0 Å². The van der Waals surface area contributed by atoms with Crippen LogP contribution in [0.15, 0.2) is 53.4 Å². The van der Waals surface area contributed by atoms with Crippen molar-refractivity contribution in [2.75, 3.05) is 19.7 Å². The van der Waals surface area contributed by atoms with Crippen molar-refractivity contribution in [3.8, 4) is 0 Å². The van der Waals surface area contributed by atoms with Crippen molar-refractivity contribution in [3.05, 3.63) is 64.1 Å². The van der Waals surface area contributed by atoms with Crippen LogP contribution in [0.2, 0.25) is 10.0 Å². The van der Waals surface area contributed by atoms with E-state index in [1.165, 1.54) is 24.3 Å². The zero-order valence-electron chi connectivity index (χ0n) is 15.7. The zero-order chi connectivity index (χ0) is 20.9. The summed E-state index contributed by atoms with van der Waals surface area (Å²) in [6, 6.07) is 12.7. The van der Waals surface area contributed by atoms with Crippen molar-refractivity contribution in [3.63, 3.8) is 0 Å². The molecule has 1 aliphatic rings. The molecule has 2 aromatic rings. The van der Waals surface area contributed by atoms with Crippen molar-refractivity contribution in [1.29, 1.82) is 0 Å². The molecule has 2 aromatic carbocycles. The van der Waals surface area contributed by atoms with Crippen LogP contribution in [-0.2, 0) is 26.1 Å². The van der Waals surface area contributed by atoms with Crippen molar-refractivity contribution < 1.29 is 17.9 Å². The lowest BCUT2D eigenvalue weighted by atomic mass is 10.2. The lowest BCUT2D eigenvalue weighted by Gasteiger charge is -2.22. The summed E-state index contributed by atoms with van der Waals surface area (Å²) in [4.78, 5) is 12.5. The molecule has 1 N–H and O–H groups in total. The van der Waals surface area contributed by atoms with Crippen LogP contribution in [0.1, 0.15) is 18.4 Å². The number of halogens is 2. The molecule has 1 saturated heterocycles. The minimum atomic E-state index is -3.91. The van der Waals surface area contributed by atoms with Crippen LogP contribution < -0.4 is 5.32 Å². The predicted octanol–water partition coefficient (Wildman–Crippen LogP) is 3.48. The fourth-order valence-electron chi connectivity index (χ4n) is 3.02. The van der Waals surface area contributed by atoms with Gasteiger partial charge < -0.3 is 10.1 Å². The molecule has 1 amide bonds. The fraction of sp³-hybridized carbons (Fsp3) is 0.350. The summed E-state index contributed by atoms with van der Waals surface area (Å²) in [5, 5.41) is 3.75. The molecule has 0 saturated carbocycles. The number of hydrogen-bond donors (Lipinski definition) is 1. The van der Waals surface area contributed by atoms with Gasteiger partial charge in [0, 0.05) is 29.7 Å². The van der Waals surface area contributed by atoms with E-state index in [4.69, 9.17) is 27.9 Å². The Bertz CT molecular complexity index is 928. The lowest BCUT2D eigenvalue weighted by Crippen LogP contribution is -2.42. The Labute approximate surface area is 180 Å². The van der Waals surface area contributed by atoms with Gasteiger partial charge in [0.15, 0.2) is 0 Å². The van der Waals surface area contributed by atoms with Crippen molar-refractivity contribution in [1.82, 2.24) is 9.62 Å². The third kappa shape index (κ3) is 6.17. The molecule has 3 rings (SSSR count). The van der Waals surface area contributed by atoms with E-state index in [0.29, 0.717) is 23.2 Å². The average molecular weight is 457 g/mol. The normalized spacial score (nSPS) is 16.9. The first kappa shape index (κ1) is 22.1. The summed E-state index contributed by atoms with van der Waals surface area (Å²) in [6.07, 6.45) is 1.84. The number of carbonyl (C=O) groups excluding carboxylic acids is 1. The second-order valence-electron chi connectivity index (χ2n) is 6.79. The summed E-state index contributed by atoms with van der Waals surface area (Å²) in [5.41, 5.74) is 0.721. The van der Waals surface area contributed by atoms with Crippen molar-refractivity contribution in [2.24, 2.45) is 0 Å². The molecule has 1 heterocycles. The van der Waals surface area contributed by atoms with Gasteiger partial charge in [0.2, 0.25) is 15.9 Å². The maximum absolute atomic E-state index is 13.2. The van der Waals surface area contributed by atoms with Crippen LogP contribution >= 0.6 is 23.2 Å². The summed E-state index contributed by atoms with van der Waals surface area (Å²) >= 11 is 11.8. The van der Waals surface area contributed by atoms with E-state index in [9.17, 15) is 13.2 Å². The first-order chi connectivity index (χ1) is 13.8. The van der Waals surface area contributed by atoms with Gasteiger partial charge in [-0.2, -0.15) is 4.31 Å². The fourth-order valence-corrected chi connectivity index (χ4v) is 4.66. The minimum Gasteiger partial charge on any atom is -0.376 e. The number of hydrogen-bond acceptors (Lipinski definition) is 4. The van der Waals surface area contributed by atoms with E-state index in [0.717, 1.165) is 22.7 Å². The highest BCUT2D eigenvalue weighted by Crippen LogP contribution is 2.21. The molecular formula is C20H22Cl2N2O4S. The topological polar surface area (TPSA) is 75.7 Å². The van der Waals surface area contributed by atoms with Gasteiger partial charge in [-0.25, -0.2) is 8.42 Å². The third-order valence-electron chi connectivity index (χ3n) is 4.59. The molecule has 0 radical (unpaired) electrons. The summed E-state index contributed by atoms with van der Waals surface area (Å²) < 4.78 is 33.0. The molecule has 1 aliphatic heterocycles. The molecule has 29 heavy (non-hydrogen) atoms. The van der Waals surface area contributed by atoms with Gasteiger partial charge in [-0.3, -0.25) is 4.79 Å². The van der Waals surface area contributed by atoms with E-state index in [2.05, 4.69) is 5.32 Å².